The molecular weight excluding hydrogens is 589 g/mol. The molecule has 4 rings (SSSR count). The largest absolute Gasteiger partial charge is 0.354 e. The number of nitrogens with zero attached hydrogens (tertiary/aromatic N) is 2. The lowest BCUT2D eigenvalue weighted by molar-refractivity contribution is -0.140. The third-order valence-corrected chi connectivity index (χ3v) is 9.22. The highest BCUT2D eigenvalue weighted by molar-refractivity contribution is 7.92. The zero-order valence-electron chi connectivity index (χ0n) is 26.1. The number of hydrogen-bond acceptors (Lipinski definition) is 4. The van der Waals surface area contributed by atoms with Gasteiger partial charge in [-0.1, -0.05) is 91.7 Å². The van der Waals surface area contributed by atoms with Crippen molar-refractivity contribution in [3.63, 3.8) is 0 Å². The van der Waals surface area contributed by atoms with E-state index in [1.165, 1.54) is 29.2 Å². The summed E-state index contributed by atoms with van der Waals surface area (Å²) in [6.45, 7) is 7.53. The molecular formula is C36H40FN3O4S. The first-order valence-electron chi connectivity index (χ1n) is 15.0. The molecule has 45 heavy (non-hydrogen) atoms. The Kier molecular flexibility index (Phi) is 11.1. The Labute approximate surface area is 265 Å². The summed E-state index contributed by atoms with van der Waals surface area (Å²) in [5.74, 6) is -1.19. The van der Waals surface area contributed by atoms with Crippen LogP contribution in [0.3, 0.4) is 0 Å². The standard InChI is InChI=1S/C36H40FN3O4S/c1-26(2)23-38-36(42)34(22-29-8-6-5-7-9-29)39(24-30-14-16-31(37)17-15-30)35(41)25-40(32-18-10-27(3)11-19-32)45(43,44)33-20-12-28(4)13-21-33/h5-21,26,34H,22-25H2,1-4H3,(H,38,42)/t34-/m1/s1. The minimum absolute atomic E-state index is 0.0297. The highest BCUT2D eigenvalue weighted by atomic mass is 32.2. The van der Waals surface area contributed by atoms with Crippen molar-refractivity contribution in [2.75, 3.05) is 17.4 Å². The van der Waals surface area contributed by atoms with Gasteiger partial charge >= 0.3 is 0 Å². The second kappa shape index (κ2) is 15.0. The SMILES string of the molecule is Cc1ccc(N(CC(=O)N(Cc2ccc(F)cc2)[C@H](Cc2ccccc2)C(=O)NCC(C)C)S(=O)(=O)c2ccc(C)cc2)cc1. The first-order chi connectivity index (χ1) is 21.4. The Morgan fingerprint density at radius 2 is 1.36 bits per heavy atom. The van der Waals surface area contributed by atoms with Crippen molar-refractivity contribution in [1.29, 1.82) is 0 Å². The maximum absolute atomic E-state index is 14.4. The van der Waals surface area contributed by atoms with Gasteiger partial charge in [-0.2, -0.15) is 0 Å². The molecule has 7 nitrogen and oxygen atoms in total. The van der Waals surface area contributed by atoms with E-state index in [0.717, 1.165) is 21.0 Å². The van der Waals surface area contributed by atoms with E-state index in [1.807, 2.05) is 58.0 Å². The monoisotopic (exact) mass is 629 g/mol. The van der Waals surface area contributed by atoms with Crippen molar-refractivity contribution in [2.24, 2.45) is 5.92 Å². The summed E-state index contributed by atoms with van der Waals surface area (Å²) in [7, 11) is -4.18. The first kappa shape index (κ1) is 33.4. The molecule has 0 aliphatic heterocycles. The number of carbonyl (C=O) groups is 2. The van der Waals surface area contributed by atoms with Gasteiger partial charge in [0.1, 0.15) is 18.4 Å². The van der Waals surface area contributed by atoms with Gasteiger partial charge in [-0.25, -0.2) is 12.8 Å². The lowest BCUT2D eigenvalue weighted by Crippen LogP contribution is -2.53. The number of hydrogen-bond donors (Lipinski definition) is 1. The lowest BCUT2D eigenvalue weighted by atomic mass is 10.0. The molecule has 9 heteroatoms. The number of aryl methyl sites for hydroxylation is 2. The van der Waals surface area contributed by atoms with Crippen LogP contribution in [0.5, 0.6) is 0 Å². The van der Waals surface area contributed by atoms with Gasteiger partial charge in [-0.05, 0) is 67.3 Å². The number of sulfonamides is 1. The van der Waals surface area contributed by atoms with Crippen molar-refractivity contribution in [2.45, 2.75) is 51.6 Å². The Balaban J connectivity index is 1.79. The quantitative estimate of drug-likeness (QED) is 0.195. The predicted molar refractivity (Wildman–Crippen MR) is 176 cm³/mol. The van der Waals surface area contributed by atoms with Crippen LogP contribution >= 0.6 is 0 Å². The number of rotatable bonds is 13. The molecule has 0 radical (unpaired) electrons. The zero-order valence-corrected chi connectivity index (χ0v) is 26.9. The second-order valence-corrected chi connectivity index (χ2v) is 13.5. The van der Waals surface area contributed by atoms with Gasteiger partial charge in [-0.3, -0.25) is 13.9 Å². The van der Waals surface area contributed by atoms with Gasteiger partial charge < -0.3 is 10.2 Å². The normalized spacial score (nSPS) is 12.0. The number of halogens is 1. The van der Waals surface area contributed by atoms with E-state index in [4.69, 9.17) is 0 Å². The van der Waals surface area contributed by atoms with Crippen LogP contribution in [0.25, 0.3) is 0 Å². The summed E-state index contributed by atoms with van der Waals surface area (Å²) in [4.78, 5) is 29.7. The predicted octanol–water partition coefficient (Wildman–Crippen LogP) is 6.05. The topological polar surface area (TPSA) is 86.8 Å². The number of anilines is 1. The molecule has 0 saturated carbocycles. The fraction of sp³-hybridized carbons (Fsp3) is 0.278. The van der Waals surface area contributed by atoms with Crippen LogP contribution in [0.1, 0.15) is 36.1 Å². The van der Waals surface area contributed by atoms with Gasteiger partial charge in [0.05, 0.1) is 10.6 Å². The fourth-order valence-electron chi connectivity index (χ4n) is 4.84. The Morgan fingerprint density at radius 1 is 0.778 bits per heavy atom. The summed E-state index contributed by atoms with van der Waals surface area (Å²) in [6.07, 6.45) is 0.201. The molecule has 0 aromatic heterocycles. The number of benzene rings is 4. The van der Waals surface area contributed by atoms with Crippen LogP contribution in [-0.4, -0.2) is 44.3 Å². The molecule has 0 spiro atoms. The van der Waals surface area contributed by atoms with E-state index in [2.05, 4.69) is 5.32 Å². The zero-order chi connectivity index (χ0) is 32.6. The van der Waals surface area contributed by atoms with Crippen molar-refractivity contribution in [3.8, 4) is 0 Å². The highest BCUT2D eigenvalue weighted by Crippen LogP contribution is 2.26. The summed E-state index contributed by atoms with van der Waals surface area (Å²) < 4.78 is 43.1. The molecule has 0 bridgehead atoms. The molecule has 4 aromatic carbocycles. The average Bonchev–Trinajstić information content (AvgIpc) is 3.02. The Morgan fingerprint density at radius 3 is 1.93 bits per heavy atom. The molecule has 0 aliphatic carbocycles. The Bertz CT molecular complexity index is 1680. The van der Waals surface area contributed by atoms with Crippen LogP contribution in [0.2, 0.25) is 0 Å². The lowest BCUT2D eigenvalue weighted by Gasteiger charge is -2.34. The summed E-state index contributed by atoms with van der Waals surface area (Å²) in [6, 6.07) is 27.4. The summed E-state index contributed by atoms with van der Waals surface area (Å²) in [5, 5.41) is 2.96. The molecule has 2 amide bonds. The molecule has 0 unspecified atom stereocenters. The third kappa shape index (κ3) is 9.01. The molecule has 1 N–H and O–H groups in total. The van der Waals surface area contributed by atoms with E-state index in [9.17, 15) is 22.4 Å². The number of carbonyl (C=O) groups excluding carboxylic acids is 2. The van der Waals surface area contributed by atoms with Crippen molar-refractivity contribution in [3.05, 3.63) is 131 Å². The van der Waals surface area contributed by atoms with E-state index >= 15 is 0 Å². The van der Waals surface area contributed by atoms with Gasteiger partial charge in [-0.15, -0.1) is 0 Å². The first-order valence-corrected chi connectivity index (χ1v) is 16.4. The van der Waals surface area contributed by atoms with E-state index < -0.39 is 34.3 Å². The number of amides is 2. The minimum atomic E-state index is -4.18. The molecule has 0 saturated heterocycles. The maximum Gasteiger partial charge on any atom is 0.264 e. The maximum atomic E-state index is 14.4. The van der Waals surface area contributed by atoms with E-state index in [1.54, 1.807) is 48.5 Å². The van der Waals surface area contributed by atoms with E-state index in [-0.39, 0.29) is 29.7 Å². The fourth-order valence-corrected chi connectivity index (χ4v) is 6.25. The smallest absolute Gasteiger partial charge is 0.264 e. The minimum Gasteiger partial charge on any atom is -0.354 e. The third-order valence-electron chi connectivity index (χ3n) is 7.43. The summed E-state index contributed by atoms with van der Waals surface area (Å²) in [5.41, 5.74) is 3.58. The van der Waals surface area contributed by atoms with Gasteiger partial charge in [0.2, 0.25) is 11.8 Å². The highest BCUT2D eigenvalue weighted by Gasteiger charge is 2.34. The van der Waals surface area contributed by atoms with Crippen molar-refractivity contribution < 1.29 is 22.4 Å². The van der Waals surface area contributed by atoms with Crippen LogP contribution in [0.15, 0.2) is 108 Å². The Hall–Kier alpha value is -4.50. The molecule has 4 aromatic rings. The van der Waals surface area contributed by atoms with E-state index in [0.29, 0.717) is 17.8 Å². The van der Waals surface area contributed by atoms with Gasteiger partial charge in [0.15, 0.2) is 0 Å². The average molecular weight is 630 g/mol. The van der Waals surface area contributed by atoms with Crippen LogP contribution in [0.4, 0.5) is 10.1 Å². The van der Waals surface area contributed by atoms with Crippen molar-refractivity contribution in [1.82, 2.24) is 10.2 Å². The molecule has 236 valence electrons. The second-order valence-electron chi connectivity index (χ2n) is 11.7. The van der Waals surface area contributed by atoms with Gasteiger partial charge in [0, 0.05) is 19.5 Å². The molecule has 0 fully saturated rings. The van der Waals surface area contributed by atoms with Gasteiger partial charge in [0.25, 0.3) is 10.0 Å². The van der Waals surface area contributed by atoms with Crippen LogP contribution < -0.4 is 9.62 Å². The van der Waals surface area contributed by atoms with Crippen molar-refractivity contribution >= 4 is 27.5 Å². The van der Waals surface area contributed by atoms with Crippen LogP contribution in [0, 0.1) is 25.6 Å². The summed E-state index contributed by atoms with van der Waals surface area (Å²) >= 11 is 0. The molecule has 0 aliphatic rings. The number of nitrogens with one attached hydrogen (secondary N) is 1. The molecule has 1 atom stereocenters. The molecule has 0 heterocycles. The van der Waals surface area contributed by atoms with Crippen LogP contribution in [-0.2, 0) is 32.6 Å².